The van der Waals surface area contributed by atoms with E-state index in [4.69, 9.17) is 11.6 Å². The topological polar surface area (TPSA) is 55.2 Å². The molecule has 0 radical (unpaired) electrons. The number of hydrogen-bond acceptors (Lipinski definition) is 3. The fraction of sp³-hybridized carbons (Fsp3) is 0.0769. The first-order valence-electron chi connectivity index (χ1n) is 5.49. The highest BCUT2D eigenvalue weighted by Crippen LogP contribution is 2.23. The van der Waals surface area contributed by atoms with Gasteiger partial charge in [-0.05, 0) is 23.8 Å². The first-order valence-corrected chi connectivity index (χ1v) is 5.87. The monoisotopic (exact) mass is 280 g/mol. The summed E-state index contributed by atoms with van der Waals surface area (Å²) < 4.78 is 13.4. The minimum Gasteiger partial charge on any atom is -0.379 e. The van der Waals surface area contributed by atoms with E-state index in [1.165, 1.54) is 24.3 Å². The number of benzene rings is 2. The zero-order chi connectivity index (χ0) is 13.8. The van der Waals surface area contributed by atoms with E-state index in [9.17, 15) is 14.5 Å². The van der Waals surface area contributed by atoms with Crippen molar-refractivity contribution in [1.29, 1.82) is 0 Å². The molecule has 0 aliphatic carbocycles. The van der Waals surface area contributed by atoms with Crippen molar-refractivity contribution in [2.75, 3.05) is 5.32 Å². The fourth-order valence-corrected chi connectivity index (χ4v) is 1.79. The Morgan fingerprint density at radius 2 is 2.00 bits per heavy atom. The van der Waals surface area contributed by atoms with Gasteiger partial charge < -0.3 is 5.32 Å². The average molecular weight is 281 g/mol. The van der Waals surface area contributed by atoms with Crippen LogP contribution in [0.3, 0.4) is 0 Å². The van der Waals surface area contributed by atoms with E-state index in [-0.39, 0.29) is 18.0 Å². The first kappa shape index (κ1) is 13.3. The Hall–Kier alpha value is -2.14. The molecule has 0 saturated heterocycles. The molecule has 0 saturated carbocycles. The summed E-state index contributed by atoms with van der Waals surface area (Å²) in [5.41, 5.74) is 0.818. The Kier molecular flexibility index (Phi) is 3.97. The summed E-state index contributed by atoms with van der Waals surface area (Å²) in [4.78, 5) is 10.2. The normalized spacial score (nSPS) is 10.2. The van der Waals surface area contributed by atoms with Gasteiger partial charge in [0.05, 0.1) is 10.6 Å². The van der Waals surface area contributed by atoms with Crippen molar-refractivity contribution < 1.29 is 9.31 Å². The van der Waals surface area contributed by atoms with Gasteiger partial charge >= 0.3 is 0 Å². The lowest BCUT2D eigenvalue weighted by molar-refractivity contribution is -0.384. The number of nitro groups is 1. The number of nitrogens with zero attached hydrogens (tertiary/aromatic N) is 1. The summed E-state index contributed by atoms with van der Waals surface area (Å²) in [6, 6.07) is 10.3. The van der Waals surface area contributed by atoms with Crippen LogP contribution in [0.25, 0.3) is 0 Å². The molecule has 2 aromatic rings. The predicted octanol–water partition coefficient (Wildman–Crippen LogP) is 4.00. The van der Waals surface area contributed by atoms with Crippen molar-refractivity contribution in [2.24, 2.45) is 0 Å². The van der Waals surface area contributed by atoms with Crippen molar-refractivity contribution in [2.45, 2.75) is 6.54 Å². The lowest BCUT2D eigenvalue weighted by Crippen LogP contribution is -2.02. The van der Waals surface area contributed by atoms with Crippen LogP contribution < -0.4 is 5.32 Å². The largest absolute Gasteiger partial charge is 0.379 e. The number of para-hydroxylation sites is 1. The van der Waals surface area contributed by atoms with E-state index in [1.54, 1.807) is 18.2 Å². The molecule has 0 unspecified atom stereocenters. The van der Waals surface area contributed by atoms with Gasteiger partial charge in [0.25, 0.3) is 5.69 Å². The van der Waals surface area contributed by atoms with Crippen LogP contribution in [0.1, 0.15) is 5.56 Å². The Balaban J connectivity index is 2.17. The highest BCUT2D eigenvalue weighted by molar-refractivity contribution is 6.31. The lowest BCUT2D eigenvalue weighted by Gasteiger charge is -2.08. The average Bonchev–Trinajstić information content (AvgIpc) is 2.39. The summed E-state index contributed by atoms with van der Waals surface area (Å²) in [6.45, 7) is 0.210. The maximum atomic E-state index is 13.4. The van der Waals surface area contributed by atoms with Crippen molar-refractivity contribution >= 4 is 23.0 Å². The zero-order valence-electron chi connectivity index (χ0n) is 9.77. The summed E-state index contributed by atoms with van der Waals surface area (Å²) in [5, 5.41) is 13.9. The van der Waals surface area contributed by atoms with Crippen LogP contribution in [0.4, 0.5) is 15.8 Å². The third-order valence-electron chi connectivity index (χ3n) is 2.58. The van der Waals surface area contributed by atoms with Crippen LogP contribution in [0.2, 0.25) is 5.02 Å². The second-order valence-corrected chi connectivity index (χ2v) is 4.27. The number of non-ortho nitro benzene ring substituents is 1. The molecule has 98 valence electrons. The second kappa shape index (κ2) is 5.67. The molecule has 2 rings (SSSR count). The van der Waals surface area contributed by atoms with Crippen LogP contribution in [0.5, 0.6) is 0 Å². The molecule has 0 spiro atoms. The van der Waals surface area contributed by atoms with Gasteiger partial charge in [0.15, 0.2) is 0 Å². The molecule has 0 aliphatic heterocycles. The number of halogens is 2. The molecule has 2 aromatic carbocycles. The number of rotatable bonds is 4. The smallest absolute Gasteiger partial charge is 0.269 e. The molecular weight excluding hydrogens is 271 g/mol. The van der Waals surface area contributed by atoms with Crippen LogP contribution in [-0.2, 0) is 6.54 Å². The lowest BCUT2D eigenvalue weighted by atomic mass is 10.2. The molecule has 0 amide bonds. The summed E-state index contributed by atoms with van der Waals surface area (Å²) >= 11 is 5.95. The Labute approximate surface area is 114 Å². The predicted molar refractivity (Wildman–Crippen MR) is 71.8 cm³/mol. The van der Waals surface area contributed by atoms with Gasteiger partial charge in [0.1, 0.15) is 5.82 Å². The molecule has 6 heteroatoms. The highest BCUT2D eigenvalue weighted by Gasteiger charge is 2.10. The molecular formula is C13H10ClFN2O2. The minimum absolute atomic E-state index is 0.0465. The Morgan fingerprint density at radius 1 is 1.26 bits per heavy atom. The third-order valence-corrected chi connectivity index (χ3v) is 2.95. The van der Waals surface area contributed by atoms with Gasteiger partial charge in [-0.3, -0.25) is 10.1 Å². The van der Waals surface area contributed by atoms with E-state index in [2.05, 4.69) is 5.32 Å². The van der Waals surface area contributed by atoms with Gasteiger partial charge in [-0.1, -0.05) is 23.7 Å². The van der Waals surface area contributed by atoms with Crippen LogP contribution in [-0.4, -0.2) is 4.92 Å². The molecule has 0 heterocycles. The van der Waals surface area contributed by atoms with Gasteiger partial charge in [0, 0.05) is 23.7 Å². The molecule has 19 heavy (non-hydrogen) atoms. The molecule has 4 nitrogen and oxygen atoms in total. The molecule has 1 N–H and O–H groups in total. The quantitative estimate of drug-likeness (QED) is 0.680. The molecule has 0 aliphatic rings. The molecule has 0 bridgehead atoms. The van der Waals surface area contributed by atoms with Crippen molar-refractivity contribution in [3.05, 3.63) is 69.0 Å². The van der Waals surface area contributed by atoms with Crippen molar-refractivity contribution in [3.8, 4) is 0 Å². The number of anilines is 1. The highest BCUT2D eigenvalue weighted by atomic mass is 35.5. The number of nitrogens with one attached hydrogen (secondary N) is 1. The van der Waals surface area contributed by atoms with E-state index in [0.29, 0.717) is 16.3 Å². The number of nitro benzene ring substituents is 1. The minimum atomic E-state index is -0.497. The third kappa shape index (κ3) is 3.20. The van der Waals surface area contributed by atoms with Crippen LogP contribution in [0.15, 0.2) is 42.5 Å². The second-order valence-electron chi connectivity index (χ2n) is 3.87. The zero-order valence-corrected chi connectivity index (χ0v) is 10.5. The van der Waals surface area contributed by atoms with Crippen molar-refractivity contribution in [1.82, 2.24) is 0 Å². The fourth-order valence-electron chi connectivity index (χ4n) is 1.61. The molecule has 0 aromatic heterocycles. The maximum absolute atomic E-state index is 13.4. The van der Waals surface area contributed by atoms with E-state index in [0.717, 1.165) is 0 Å². The van der Waals surface area contributed by atoms with Gasteiger partial charge in [-0.15, -0.1) is 0 Å². The maximum Gasteiger partial charge on any atom is 0.269 e. The van der Waals surface area contributed by atoms with E-state index in [1.807, 2.05) is 0 Å². The van der Waals surface area contributed by atoms with Crippen molar-refractivity contribution in [3.63, 3.8) is 0 Å². The Bertz CT molecular complexity index is 619. The van der Waals surface area contributed by atoms with Crippen LogP contribution >= 0.6 is 11.6 Å². The summed E-state index contributed by atoms with van der Waals surface area (Å²) in [5.74, 6) is -0.385. The SMILES string of the molecule is O=[N+]([O-])c1ccc(Cl)c(CNc2ccccc2F)c1. The summed E-state index contributed by atoms with van der Waals surface area (Å²) in [6.07, 6.45) is 0. The van der Waals surface area contributed by atoms with Gasteiger partial charge in [-0.25, -0.2) is 4.39 Å². The molecule has 0 fully saturated rings. The Morgan fingerprint density at radius 3 is 2.68 bits per heavy atom. The first-order chi connectivity index (χ1) is 9.08. The van der Waals surface area contributed by atoms with Gasteiger partial charge in [0.2, 0.25) is 0 Å². The van der Waals surface area contributed by atoms with E-state index >= 15 is 0 Å². The summed E-state index contributed by atoms with van der Waals surface area (Å²) in [7, 11) is 0. The van der Waals surface area contributed by atoms with E-state index < -0.39 is 4.92 Å². The standard InChI is InChI=1S/C13H10ClFN2O2/c14-11-6-5-10(17(18)19)7-9(11)8-16-13-4-2-1-3-12(13)15/h1-7,16H,8H2. The molecule has 0 atom stereocenters. The van der Waals surface area contributed by atoms with Crippen LogP contribution in [0, 0.1) is 15.9 Å². The van der Waals surface area contributed by atoms with Gasteiger partial charge in [-0.2, -0.15) is 0 Å². The number of hydrogen-bond donors (Lipinski definition) is 1.